The van der Waals surface area contributed by atoms with Crippen LogP contribution in [0.25, 0.3) is 22.3 Å². The summed E-state index contributed by atoms with van der Waals surface area (Å²) < 4.78 is 1.93. The van der Waals surface area contributed by atoms with Crippen LogP contribution in [0.1, 0.15) is 36.7 Å². The van der Waals surface area contributed by atoms with Crippen LogP contribution in [0.2, 0.25) is 0 Å². The van der Waals surface area contributed by atoms with Crippen molar-refractivity contribution < 1.29 is 4.79 Å². The first kappa shape index (κ1) is 21.4. The molecule has 4 heterocycles. The molecule has 164 valence electrons. The first-order valence-electron chi connectivity index (χ1n) is 10.7. The molecule has 0 spiro atoms. The lowest BCUT2D eigenvalue weighted by molar-refractivity contribution is 0.102. The van der Waals surface area contributed by atoms with Gasteiger partial charge in [0.25, 0.3) is 5.91 Å². The number of nitrogen functional groups attached to an aromatic ring is 1. The van der Waals surface area contributed by atoms with Gasteiger partial charge in [0.15, 0.2) is 5.65 Å². The second-order valence-electron chi connectivity index (χ2n) is 7.14. The number of amides is 1. The van der Waals surface area contributed by atoms with Crippen molar-refractivity contribution in [1.82, 2.24) is 30.0 Å². The minimum Gasteiger partial charge on any atom is -0.383 e. The molecule has 1 aliphatic heterocycles. The minimum atomic E-state index is -0.226. The smallest absolute Gasteiger partial charge is 0.256 e. The number of rotatable bonds is 4. The molecular formula is C23H26N8O. The van der Waals surface area contributed by atoms with E-state index in [9.17, 15) is 4.79 Å². The molecule has 9 heteroatoms. The molecule has 1 unspecified atom stereocenters. The van der Waals surface area contributed by atoms with Crippen molar-refractivity contribution in [2.45, 2.75) is 26.3 Å². The molecule has 32 heavy (non-hydrogen) atoms. The third-order valence-corrected chi connectivity index (χ3v) is 5.23. The number of carbonyl (C=O) groups excluding carboxylic acids is 1. The number of aromatic nitrogens is 5. The minimum absolute atomic E-state index is 0.221. The summed E-state index contributed by atoms with van der Waals surface area (Å²) in [6.07, 6.45) is 4.08. The first-order chi connectivity index (χ1) is 15.7. The molecule has 0 saturated carbocycles. The summed E-state index contributed by atoms with van der Waals surface area (Å²) in [6.45, 7) is 5.79. The molecule has 0 radical (unpaired) electrons. The van der Waals surface area contributed by atoms with Gasteiger partial charge in [0.2, 0.25) is 0 Å². The Bertz CT molecular complexity index is 1200. The highest BCUT2D eigenvalue weighted by molar-refractivity contribution is 6.04. The zero-order chi connectivity index (χ0) is 22.5. The topological polar surface area (TPSA) is 124 Å². The molecule has 1 aliphatic rings. The van der Waals surface area contributed by atoms with Crippen molar-refractivity contribution in [1.29, 1.82) is 0 Å². The highest BCUT2D eigenvalue weighted by Gasteiger charge is 2.24. The summed E-state index contributed by atoms with van der Waals surface area (Å²) in [5.74, 6) is 0.672. The van der Waals surface area contributed by atoms with Crippen LogP contribution in [0.15, 0.2) is 55.0 Å². The fraction of sp³-hybridized carbons (Fsp3) is 0.261. The molecule has 3 aromatic heterocycles. The Morgan fingerprint density at radius 2 is 1.94 bits per heavy atom. The zero-order valence-corrected chi connectivity index (χ0v) is 18.1. The number of hydrogen-bond donors (Lipinski definition) is 3. The first-order valence-corrected chi connectivity index (χ1v) is 10.7. The van der Waals surface area contributed by atoms with E-state index in [1.165, 1.54) is 6.33 Å². The second kappa shape index (κ2) is 9.52. The molecule has 1 saturated heterocycles. The van der Waals surface area contributed by atoms with E-state index in [4.69, 9.17) is 10.8 Å². The number of nitrogens with one attached hydrogen (secondary N) is 2. The number of anilines is 2. The fourth-order valence-corrected chi connectivity index (χ4v) is 3.70. The van der Waals surface area contributed by atoms with Gasteiger partial charge < -0.3 is 16.4 Å². The molecule has 4 aromatic rings. The van der Waals surface area contributed by atoms with E-state index in [-0.39, 0.29) is 11.9 Å². The number of pyridine rings is 1. The summed E-state index contributed by atoms with van der Waals surface area (Å²) in [6, 6.07) is 12.8. The van der Waals surface area contributed by atoms with E-state index < -0.39 is 0 Å². The average Bonchev–Trinajstić information content (AvgIpc) is 3.50. The number of benzene rings is 1. The van der Waals surface area contributed by atoms with Gasteiger partial charge in [-0.05, 0) is 37.2 Å². The summed E-state index contributed by atoms with van der Waals surface area (Å²) in [4.78, 5) is 25.2. The van der Waals surface area contributed by atoms with Crippen molar-refractivity contribution in [2.24, 2.45) is 0 Å². The highest BCUT2D eigenvalue weighted by atomic mass is 16.1. The number of nitrogens with zero attached hydrogens (tertiary/aromatic N) is 5. The Morgan fingerprint density at radius 3 is 2.62 bits per heavy atom. The third kappa shape index (κ3) is 4.15. The highest BCUT2D eigenvalue weighted by Crippen LogP contribution is 2.32. The molecule has 5 rings (SSSR count). The van der Waals surface area contributed by atoms with Gasteiger partial charge in [-0.1, -0.05) is 32.0 Å². The van der Waals surface area contributed by atoms with Crippen LogP contribution in [-0.2, 0) is 0 Å². The molecular weight excluding hydrogens is 404 g/mol. The van der Waals surface area contributed by atoms with Crippen molar-refractivity contribution >= 4 is 28.6 Å². The predicted octanol–water partition coefficient (Wildman–Crippen LogP) is 3.28. The van der Waals surface area contributed by atoms with Crippen LogP contribution >= 0.6 is 0 Å². The lowest BCUT2D eigenvalue weighted by Crippen LogP contribution is -2.15. The quantitative estimate of drug-likeness (QED) is 0.454. The molecule has 0 aliphatic carbocycles. The molecule has 1 fully saturated rings. The van der Waals surface area contributed by atoms with Crippen molar-refractivity contribution in [3.63, 3.8) is 0 Å². The van der Waals surface area contributed by atoms with Gasteiger partial charge in [-0.25, -0.2) is 19.6 Å². The molecule has 1 aromatic carbocycles. The number of nitrogens with two attached hydrogens (primary N) is 1. The van der Waals surface area contributed by atoms with Crippen LogP contribution < -0.4 is 16.4 Å². The molecule has 9 nitrogen and oxygen atoms in total. The monoisotopic (exact) mass is 430 g/mol. The Balaban J connectivity index is 0.00000119. The maximum atomic E-state index is 12.5. The molecule has 1 amide bonds. The maximum absolute atomic E-state index is 12.5. The van der Waals surface area contributed by atoms with E-state index in [0.717, 1.165) is 36.1 Å². The number of carbonyl (C=O) groups is 1. The molecule has 1 atom stereocenters. The predicted molar refractivity (Wildman–Crippen MR) is 125 cm³/mol. The van der Waals surface area contributed by atoms with E-state index in [0.29, 0.717) is 22.9 Å². The summed E-state index contributed by atoms with van der Waals surface area (Å²) in [5, 5.41) is 11.7. The van der Waals surface area contributed by atoms with Gasteiger partial charge in [-0.15, -0.1) is 0 Å². The van der Waals surface area contributed by atoms with Crippen LogP contribution in [0.5, 0.6) is 0 Å². The van der Waals surface area contributed by atoms with Gasteiger partial charge in [0.1, 0.15) is 23.7 Å². The summed E-state index contributed by atoms with van der Waals surface area (Å²) >= 11 is 0. The Hall–Kier alpha value is -3.85. The van der Waals surface area contributed by atoms with Crippen LogP contribution in [0, 0.1) is 0 Å². The third-order valence-electron chi connectivity index (χ3n) is 5.23. The Kier molecular flexibility index (Phi) is 6.37. The van der Waals surface area contributed by atoms with Gasteiger partial charge in [-0.2, -0.15) is 5.10 Å². The van der Waals surface area contributed by atoms with E-state index in [1.54, 1.807) is 30.5 Å². The van der Waals surface area contributed by atoms with E-state index in [2.05, 4.69) is 25.6 Å². The van der Waals surface area contributed by atoms with Gasteiger partial charge in [0.05, 0.1) is 11.4 Å². The average molecular weight is 431 g/mol. The fourth-order valence-electron chi connectivity index (χ4n) is 3.70. The van der Waals surface area contributed by atoms with Crippen LogP contribution in [0.4, 0.5) is 11.6 Å². The number of fused-ring (bicyclic) bond motifs is 1. The zero-order valence-electron chi connectivity index (χ0n) is 18.1. The van der Waals surface area contributed by atoms with Gasteiger partial charge in [-0.3, -0.25) is 4.79 Å². The Labute approximate surface area is 186 Å². The van der Waals surface area contributed by atoms with Gasteiger partial charge >= 0.3 is 0 Å². The lowest BCUT2D eigenvalue weighted by atomic mass is 10.1. The van der Waals surface area contributed by atoms with E-state index >= 15 is 0 Å². The molecule has 0 bridgehead atoms. The standard InChI is InChI=1S/C21H20N8O.C2H6/c22-19-17-18(28-29(15-8-10-23-11-15)20(17)26-12-25-19)13-4-6-14(7-5-13)21(30)27-16-3-1-2-9-24-16;1-2/h1-7,9,12,15,23H,8,10-11H2,(H2,22,25,26)(H,24,27,30);1-2H3. The van der Waals surface area contributed by atoms with Gasteiger partial charge in [0, 0.05) is 23.9 Å². The van der Waals surface area contributed by atoms with E-state index in [1.807, 2.05) is 36.7 Å². The SMILES string of the molecule is CC.Nc1ncnc2c1c(-c1ccc(C(=O)Nc3ccccn3)cc1)nn2C1CCNC1. The normalized spacial score (nSPS) is 15.2. The van der Waals surface area contributed by atoms with Crippen molar-refractivity contribution in [3.8, 4) is 11.3 Å². The summed E-state index contributed by atoms with van der Waals surface area (Å²) in [7, 11) is 0. The van der Waals surface area contributed by atoms with Crippen molar-refractivity contribution in [3.05, 3.63) is 60.6 Å². The van der Waals surface area contributed by atoms with Crippen LogP contribution in [-0.4, -0.2) is 43.7 Å². The lowest BCUT2D eigenvalue weighted by Gasteiger charge is -2.09. The number of hydrogen-bond acceptors (Lipinski definition) is 7. The largest absolute Gasteiger partial charge is 0.383 e. The maximum Gasteiger partial charge on any atom is 0.256 e. The summed E-state index contributed by atoms with van der Waals surface area (Å²) in [5.41, 5.74) is 8.99. The second-order valence-corrected chi connectivity index (χ2v) is 7.14. The Morgan fingerprint density at radius 1 is 1.12 bits per heavy atom. The van der Waals surface area contributed by atoms with Crippen molar-refractivity contribution in [2.75, 3.05) is 24.1 Å². The molecule has 4 N–H and O–H groups in total. The van der Waals surface area contributed by atoms with Crippen LogP contribution in [0.3, 0.4) is 0 Å².